The van der Waals surface area contributed by atoms with E-state index in [0.717, 1.165) is 34.5 Å². The lowest BCUT2D eigenvalue weighted by atomic mass is 10.1. The zero-order valence-electron chi connectivity index (χ0n) is 11.8. The van der Waals surface area contributed by atoms with E-state index in [0.29, 0.717) is 0 Å². The van der Waals surface area contributed by atoms with Gasteiger partial charge < -0.3 is 0 Å². The normalized spacial score (nSPS) is 13.8. The minimum Gasteiger partial charge on any atom is -0.277 e. The molecule has 2 aromatic carbocycles. The third-order valence-corrected chi connectivity index (χ3v) is 3.85. The van der Waals surface area contributed by atoms with Crippen molar-refractivity contribution < 1.29 is 4.79 Å². The van der Waals surface area contributed by atoms with Gasteiger partial charge in [0, 0.05) is 11.1 Å². The molecule has 0 aromatic heterocycles. The lowest BCUT2D eigenvalue weighted by Crippen LogP contribution is -2.22. The van der Waals surface area contributed by atoms with E-state index in [1.54, 1.807) is 4.90 Å². The minimum atomic E-state index is 0.0120. The third-order valence-electron chi connectivity index (χ3n) is 3.85. The first kappa shape index (κ1) is 12.7. The third kappa shape index (κ3) is 1.76. The highest BCUT2D eigenvalue weighted by atomic mass is 16.2. The van der Waals surface area contributed by atoms with Crippen LogP contribution < -0.4 is 4.90 Å². The van der Waals surface area contributed by atoms with Crippen LogP contribution in [0, 0.1) is 6.92 Å². The summed E-state index contributed by atoms with van der Waals surface area (Å²) in [5.41, 5.74) is 5.73. The number of carbonyl (C=O) groups excluding carboxylic acids is 1. The number of anilines is 1. The summed E-state index contributed by atoms with van der Waals surface area (Å²) in [6, 6.07) is 13.9. The summed E-state index contributed by atoms with van der Waals surface area (Å²) in [5.74, 6) is 0.0120. The van der Waals surface area contributed by atoms with Gasteiger partial charge in [-0.15, -0.1) is 0 Å². The van der Waals surface area contributed by atoms with Crippen LogP contribution in [0.1, 0.15) is 34.0 Å². The lowest BCUT2D eigenvalue weighted by Gasteiger charge is -2.20. The number of carbonyl (C=O) groups is 1. The molecule has 2 nitrogen and oxygen atoms in total. The molecule has 3 rings (SSSR count). The van der Waals surface area contributed by atoms with E-state index in [4.69, 9.17) is 0 Å². The SMILES string of the molecule is C=C1c2ccccc2C(=O)N1c1ccc(CC)cc1C. The molecule has 1 aliphatic rings. The second-order valence-electron chi connectivity index (χ2n) is 5.11. The smallest absolute Gasteiger partial charge is 0.263 e. The molecule has 0 N–H and O–H groups in total. The molecule has 1 amide bonds. The Labute approximate surface area is 119 Å². The molecule has 0 bridgehead atoms. The van der Waals surface area contributed by atoms with Gasteiger partial charge in [0.05, 0.1) is 11.4 Å². The van der Waals surface area contributed by atoms with Gasteiger partial charge >= 0.3 is 0 Å². The van der Waals surface area contributed by atoms with Crippen LogP contribution in [0.25, 0.3) is 5.70 Å². The molecule has 2 aromatic rings. The van der Waals surface area contributed by atoms with E-state index in [1.807, 2.05) is 37.3 Å². The molecule has 100 valence electrons. The zero-order chi connectivity index (χ0) is 14.3. The number of hydrogen-bond donors (Lipinski definition) is 0. The molecule has 0 atom stereocenters. The Morgan fingerprint density at radius 1 is 1.10 bits per heavy atom. The van der Waals surface area contributed by atoms with Crippen LogP contribution >= 0.6 is 0 Å². The first-order valence-electron chi connectivity index (χ1n) is 6.85. The van der Waals surface area contributed by atoms with E-state index in [1.165, 1.54) is 5.56 Å². The second kappa shape index (κ2) is 4.64. The van der Waals surface area contributed by atoms with E-state index in [2.05, 4.69) is 25.6 Å². The summed E-state index contributed by atoms with van der Waals surface area (Å²) in [5, 5.41) is 0. The Hall–Kier alpha value is -2.35. The van der Waals surface area contributed by atoms with Gasteiger partial charge in [-0.1, -0.05) is 43.8 Å². The first-order valence-corrected chi connectivity index (χ1v) is 6.85. The van der Waals surface area contributed by atoms with Crippen molar-refractivity contribution >= 4 is 17.3 Å². The van der Waals surface area contributed by atoms with Crippen LogP contribution in [-0.4, -0.2) is 5.91 Å². The van der Waals surface area contributed by atoms with Gasteiger partial charge in [0.2, 0.25) is 0 Å². The molecule has 0 aliphatic carbocycles. The summed E-state index contributed by atoms with van der Waals surface area (Å²) in [6.45, 7) is 8.26. The van der Waals surface area contributed by atoms with Crippen molar-refractivity contribution in [3.63, 3.8) is 0 Å². The molecule has 1 heterocycles. The maximum Gasteiger partial charge on any atom is 0.263 e. The Morgan fingerprint density at radius 3 is 2.40 bits per heavy atom. The fourth-order valence-electron chi connectivity index (χ4n) is 2.73. The van der Waals surface area contributed by atoms with Gasteiger partial charge in [-0.25, -0.2) is 0 Å². The summed E-state index contributed by atoms with van der Waals surface area (Å²) >= 11 is 0. The van der Waals surface area contributed by atoms with Crippen molar-refractivity contribution in [1.29, 1.82) is 0 Å². The van der Waals surface area contributed by atoms with Crippen molar-refractivity contribution in [3.8, 4) is 0 Å². The Bertz CT molecular complexity index is 680. The highest BCUT2D eigenvalue weighted by molar-refractivity contribution is 6.22. The molecule has 2 heteroatoms. The fourth-order valence-corrected chi connectivity index (χ4v) is 2.73. The second-order valence-corrected chi connectivity index (χ2v) is 5.11. The van der Waals surface area contributed by atoms with Crippen LogP contribution in [0.5, 0.6) is 0 Å². The zero-order valence-corrected chi connectivity index (χ0v) is 11.8. The van der Waals surface area contributed by atoms with Crippen LogP contribution in [0.4, 0.5) is 5.69 Å². The summed E-state index contributed by atoms with van der Waals surface area (Å²) in [4.78, 5) is 14.3. The van der Waals surface area contributed by atoms with E-state index in [9.17, 15) is 4.79 Å². The van der Waals surface area contributed by atoms with Crippen molar-refractivity contribution in [1.82, 2.24) is 0 Å². The van der Waals surface area contributed by atoms with Gasteiger partial charge in [0.15, 0.2) is 0 Å². The fraction of sp³-hybridized carbons (Fsp3) is 0.167. The van der Waals surface area contributed by atoms with E-state index >= 15 is 0 Å². The highest BCUT2D eigenvalue weighted by Crippen LogP contribution is 2.37. The molecular formula is C18H17NO. The largest absolute Gasteiger partial charge is 0.277 e. The maximum absolute atomic E-state index is 12.6. The van der Waals surface area contributed by atoms with Crippen molar-refractivity contribution in [3.05, 3.63) is 71.3 Å². The molecular weight excluding hydrogens is 246 g/mol. The van der Waals surface area contributed by atoms with Crippen LogP contribution in [0.3, 0.4) is 0 Å². The average Bonchev–Trinajstić information content (AvgIpc) is 2.72. The minimum absolute atomic E-state index is 0.0120. The van der Waals surface area contributed by atoms with Gasteiger partial charge in [-0.05, 0) is 36.6 Å². The monoisotopic (exact) mass is 263 g/mol. The summed E-state index contributed by atoms with van der Waals surface area (Å²) in [7, 11) is 0. The van der Waals surface area contributed by atoms with E-state index < -0.39 is 0 Å². The number of aryl methyl sites for hydroxylation is 2. The standard InChI is InChI=1S/C18H17NO/c1-4-14-9-10-17(12(2)11-14)19-13(3)15-7-5-6-8-16(15)18(19)20/h5-11H,3-4H2,1-2H3. The predicted octanol–water partition coefficient (Wildman–Crippen LogP) is 4.19. The highest BCUT2D eigenvalue weighted by Gasteiger charge is 2.32. The van der Waals surface area contributed by atoms with Gasteiger partial charge in [0.1, 0.15) is 0 Å². The van der Waals surface area contributed by atoms with Crippen molar-refractivity contribution in [2.24, 2.45) is 0 Å². The summed E-state index contributed by atoms with van der Waals surface area (Å²) < 4.78 is 0. The Morgan fingerprint density at radius 2 is 1.80 bits per heavy atom. The molecule has 0 fully saturated rings. The molecule has 0 radical (unpaired) electrons. The summed E-state index contributed by atoms with van der Waals surface area (Å²) in [6.07, 6.45) is 0.996. The number of hydrogen-bond acceptors (Lipinski definition) is 1. The molecule has 1 aliphatic heterocycles. The number of rotatable bonds is 2. The number of benzene rings is 2. The number of nitrogens with zero attached hydrogens (tertiary/aromatic N) is 1. The Kier molecular flexibility index (Phi) is 2.94. The van der Waals surface area contributed by atoms with Crippen molar-refractivity contribution in [2.45, 2.75) is 20.3 Å². The molecule has 20 heavy (non-hydrogen) atoms. The van der Waals surface area contributed by atoms with Crippen LogP contribution in [-0.2, 0) is 6.42 Å². The van der Waals surface area contributed by atoms with Gasteiger partial charge in [-0.3, -0.25) is 9.69 Å². The Balaban J connectivity index is 2.09. The van der Waals surface area contributed by atoms with Crippen LogP contribution in [0.2, 0.25) is 0 Å². The quantitative estimate of drug-likeness (QED) is 0.795. The molecule has 0 saturated carbocycles. The van der Waals surface area contributed by atoms with E-state index in [-0.39, 0.29) is 5.91 Å². The predicted molar refractivity (Wildman–Crippen MR) is 82.8 cm³/mol. The molecule has 0 saturated heterocycles. The van der Waals surface area contributed by atoms with Crippen molar-refractivity contribution in [2.75, 3.05) is 4.90 Å². The number of amides is 1. The first-order chi connectivity index (χ1) is 9.63. The topological polar surface area (TPSA) is 20.3 Å². The average molecular weight is 263 g/mol. The lowest BCUT2D eigenvalue weighted by molar-refractivity contribution is 0.101. The molecule has 0 unspecified atom stereocenters. The van der Waals surface area contributed by atoms with Gasteiger partial charge in [0.25, 0.3) is 5.91 Å². The maximum atomic E-state index is 12.6. The van der Waals surface area contributed by atoms with Crippen LogP contribution in [0.15, 0.2) is 49.0 Å². The number of fused-ring (bicyclic) bond motifs is 1. The molecule has 0 spiro atoms. The van der Waals surface area contributed by atoms with Gasteiger partial charge in [-0.2, -0.15) is 0 Å².